The Morgan fingerprint density at radius 1 is 1.65 bits per heavy atom. The van der Waals surface area contributed by atoms with Crippen molar-refractivity contribution >= 4 is 17.7 Å². The average Bonchev–Trinajstić information content (AvgIpc) is 2.28. The van der Waals surface area contributed by atoms with E-state index >= 15 is 0 Å². The SMILES string of the molecule is Nc1nc(N2CCC[C@@H](C(=O)O)C2)cc(=O)[nH]1. The van der Waals surface area contributed by atoms with Crippen LogP contribution in [0, 0.1) is 5.92 Å². The van der Waals surface area contributed by atoms with E-state index in [1.54, 1.807) is 4.90 Å². The summed E-state index contributed by atoms with van der Waals surface area (Å²) in [5.41, 5.74) is 5.12. The van der Waals surface area contributed by atoms with E-state index in [2.05, 4.69) is 9.97 Å². The van der Waals surface area contributed by atoms with E-state index in [0.717, 1.165) is 6.42 Å². The molecule has 92 valence electrons. The van der Waals surface area contributed by atoms with E-state index in [1.807, 2.05) is 0 Å². The van der Waals surface area contributed by atoms with Gasteiger partial charge in [-0.15, -0.1) is 0 Å². The summed E-state index contributed by atoms with van der Waals surface area (Å²) in [6, 6.07) is 1.33. The summed E-state index contributed by atoms with van der Waals surface area (Å²) >= 11 is 0. The predicted octanol–water partition coefficient (Wildman–Crippen LogP) is -0.347. The van der Waals surface area contributed by atoms with Gasteiger partial charge in [-0.2, -0.15) is 4.98 Å². The number of H-pyrrole nitrogens is 1. The first-order valence-electron chi connectivity index (χ1n) is 5.41. The van der Waals surface area contributed by atoms with E-state index in [9.17, 15) is 9.59 Å². The zero-order valence-corrected chi connectivity index (χ0v) is 9.22. The van der Waals surface area contributed by atoms with Gasteiger partial charge in [-0.3, -0.25) is 14.6 Å². The molecular weight excluding hydrogens is 224 g/mol. The first-order chi connectivity index (χ1) is 8.06. The van der Waals surface area contributed by atoms with Gasteiger partial charge in [-0.05, 0) is 12.8 Å². The van der Waals surface area contributed by atoms with Crippen LogP contribution in [-0.2, 0) is 4.79 Å². The van der Waals surface area contributed by atoms with Crippen molar-refractivity contribution in [3.8, 4) is 0 Å². The maximum atomic E-state index is 11.3. The molecule has 1 aliphatic heterocycles. The van der Waals surface area contributed by atoms with Crippen LogP contribution in [-0.4, -0.2) is 34.1 Å². The van der Waals surface area contributed by atoms with Crippen molar-refractivity contribution in [3.63, 3.8) is 0 Å². The number of carboxylic acid groups (broad SMARTS) is 1. The molecule has 0 saturated carbocycles. The van der Waals surface area contributed by atoms with Gasteiger partial charge in [0.15, 0.2) is 0 Å². The third-order valence-electron chi connectivity index (χ3n) is 2.84. The number of aromatic nitrogens is 2. The molecule has 2 heterocycles. The van der Waals surface area contributed by atoms with Crippen LogP contribution in [0.15, 0.2) is 10.9 Å². The zero-order chi connectivity index (χ0) is 12.4. The summed E-state index contributed by atoms with van der Waals surface area (Å²) in [5, 5.41) is 8.97. The first kappa shape index (κ1) is 11.4. The van der Waals surface area contributed by atoms with Crippen LogP contribution in [0.1, 0.15) is 12.8 Å². The van der Waals surface area contributed by atoms with Gasteiger partial charge in [0, 0.05) is 19.2 Å². The van der Waals surface area contributed by atoms with Crippen molar-refractivity contribution in [3.05, 3.63) is 16.4 Å². The lowest BCUT2D eigenvalue weighted by atomic mass is 9.98. The molecule has 1 saturated heterocycles. The second-order valence-electron chi connectivity index (χ2n) is 4.11. The van der Waals surface area contributed by atoms with Gasteiger partial charge in [-0.1, -0.05) is 0 Å². The summed E-state index contributed by atoms with van der Waals surface area (Å²) in [5.74, 6) is -0.735. The number of nitrogens with zero attached hydrogens (tertiary/aromatic N) is 2. The monoisotopic (exact) mass is 238 g/mol. The Labute approximate surface area is 97.3 Å². The van der Waals surface area contributed by atoms with Crippen LogP contribution >= 0.6 is 0 Å². The quantitative estimate of drug-likeness (QED) is 0.649. The lowest BCUT2D eigenvalue weighted by molar-refractivity contribution is -0.141. The number of hydrogen-bond donors (Lipinski definition) is 3. The minimum atomic E-state index is -0.812. The van der Waals surface area contributed by atoms with Gasteiger partial charge >= 0.3 is 5.97 Å². The molecule has 0 radical (unpaired) electrons. The Morgan fingerprint density at radius 2 is 2.41 bits per heavy atom. The number of hydrogen-bond acceptors (Lipinski definition) is 5. The standard InChI is InChI=1S/C10H14N4O3/c11-10-12-7(4-8(15)13-10)14-3-1-2-6(5-14)9(16)17/h4,6H,1-3,5H2,(H,16,17)(H3,11,12,13,15)/t6-/m1/s1. The highest BCUT2D eigenvalue weighted by Gasteiger charge is 2.26. The van der Waals surface area contributed by atoms with Crippen molar-refractivity contribution in [1.29, 1.82) is 0 Å². The maximum absolute atomic E-state index is 11.3. The number of carbonyl (C=O) groups is 1. The molecule has 2 rings (SSSR count). The molecule has 4 N–H and O–H groups in total. The van der Waals surface area contributed by atoms with E-state index in [4.69, 9.17) is 10.8 Å². The minimum Gasteiger partial charge on any atom is -0.481 e. The molecule has 1 aliphatic rings. The summed E-state index contributed by atoms with van der Waals surface area (Å²) < 4.78 is 0. The molecule has 0 aliphatic carbocycles. The molecule has 17 heavy (non-hydrogen) atoms. The molecule has 0 spiro atoms. The van der Waals surface area contributed by atoms with E-state index in [0.29, 0.717) is 25.3 Å². The third kappa shape index (κ3) is 2.55. The Morgan fingerprint density at radius 3 is 3.06 bits per heavy atom. The number of nitrogen functional groups attached to an aromatic ring is 1. The molecule has 0 unspecified atom stereocenters. The largest absolute Gasteiger partial charge is 0.481 e. The van der Waals surface area contributed by atoms with Crippen LogP contribution < -0.4 is 16.2 Å². The number of carboxylic acids is 1. The number of nitrogens with two attached hydrogens (primary N) is 1. The highest BCUT2D eigenvalue weighted by Crippen LogP contribution is 2.21. The number of aliphatic carboxylic acids is 1. The fourth-order valence-corrected chi connectivity index (χ4v) is 2.01. The highest BCUT2D eigenvalue weighted by molar-refractivity contribution is 5.71. The fourth-order valence-electron chi connectivity index (χ4n) is 2.01. The fraction of sp³-hybridized carbons (Fsp3) is 0.500. The van der Waals surface area contributed by atoms with Crippen molar-refractivity contribution in [2.24, 2.45) is 5.92 Å². The Kier molecular flexibility index (Phi) is 2.99. The summed E-state index contributed by atoms with van der Waals surface area (Å²) in [6.07, 6.45) is 1.43. The molecule has 7 heteroatoms. The van der Waals surface area contributed by atoms with E-state index in [-0.39, 0.29) is 11.5 Å². The average molecular weight is 238 g/mol. The molecule has 1 aromatic rings. The van der Waals surface area contributed by atoms with Crippen LogP contribution in [0.3, 0.4) is 0 Å². The first-order valence-corrected chi connectivity index (χ1v) is 5.41. The molecule has 0 amide bonds. The number of nitrogens with one attached hydrogen (secondary N) is 1. The van der Waals surface area contributed by atoms with Gasteiger partial charge in [0.1, 0.15) is 5.82 Å². The lowest BCUT2D eigenvalue weighted by Crippen LogP contribution is -2.39. The van der Waals surface area contributed by atoms with Gasteiger partial charge in [0.25, 0.3) is 5.56 Å². The predicted molar refractivity (Wildman–Crippen MR) is 61.8 cm³/mol. The normalized spacial score (nSPS) is 20.2. The van der Waals surface area contributed by atoms with Gasteiger partial charge < -0.3 is 15.7 Å². The van der Waals surface area contributed by atoms with Crippen LogP contribution in [0.5, 0.6) is 0 Å². The molecule has 1 fully saturated rings. The molecular formula is C10H14N4O3. The number of aromatic amines is 1. The smallest absolute Gasteiger partial charge is 0.308 e. The summed E-state index contributed by atoms with van der Waals surface area (Å²) in [6.45, 7) is 1.06. The minimum absolute atomic E-state index is 0.0462. The van der Waals surface area contributed by atoms with Crippen LogP contribution in [0.4, 0.5) is 11.8 Å². The lowest BCUT2D eigenvalue weighted by Gasteiger charge is -2.31. The van der Waals surface area contributed by atoms with Gasteiger partial charge in [-0.25, -0.2) is 0 Å². The van der Waals surface area contributed by atoms with Crippen molar-refractivity contribution in [1.82, 2.24) is 9.97 Å². The van der Waals surface area contributed by atoms with Crippen molar-refractivity contribution in [2.45, 2.75) is 12.8 Å². The third-order valence-corrected chi connectivity index (χ3v) is 2.84. The van der Waals surface area contributed by atoms with Crippen molar-refractivity contribution in [2.75, 3.05) is 23.7 Å². The zero-order valence-electron chi connectivity index (χ0n) is 9.22. The number of piperidine rings is 1. The number of anilines is 2. The number of rotatable bonds is 2. The van der Waals surface area contributed by atoms with Gasteiger partial charge in [0.05, 0.1) is 5.92 Å². The molecule has 0 aromatic carbocycles. The maximum Gasteiger partial charge on any atom is 0.308 e. The van der Waals surface area contributed by atoms with Crippen LogP contribution in [0.25, 0.3) is 0 Å². The summed E-state index contributed by atoms with van der Waals surface area (Å²) in [4.78, 5) is 30.3. The summed E-state index contributed by atoms with van der Waals surface area (Å²) in [7, 11) is 0. The van der Waals surface area contributed by atoms with Crippen LogP contribution in [0.2, 0.25) is 0 Å². The molecule has 1 atom stereocenters. The van der Waals surface area contributed by atoms with Crippen molar-refractivity contribution < 1.29 is 9.90 Å². The second-order valence-corrected chi connectivity index (χ2v) is 4.11. The van der Waals surface area contributed by atoms with E-state index in [1.165, 1.54) is 6.07 Å². The molecule has 1 aromatic heterocycles. The topological polar surface area (TPSA) is 112 Å². The Bertz CT molecular complexity index is 485. The second kappa shape index (κ2) is 4.44. The highest BCUT2D eigenvalue weighted by atomic mass is 16.4. The Balaban J connectivity index is 2.21. The van der Waals surface area contributed by atoms with Gasteiger partial charge in [0.2, 0.25) is 5.95 Å². The molecule has 7 nitrogen and oxygen atoms in total. The Hall–Kier alpha value is -2.05. The van der Waals surface area contributed by atoms with E-state index < -0.39 is 11.9 Å². The molecule has 0 bridgehead atoms.